The molecule has 30 heavy (non-hydrogen) atoms. The number of benzene rings is 2. The molecule has 1 heterocycles. The van der Waals surface area contributed by atoms with E-state index in [1.54, 1.807) is 38.1 Å². The maximum atomic E-state index is 12.8. The SMILES string of the molecule is Cc1ccc(S(=O)(=O)N2CCCC2)cc1C(=O)NCC(=O)Nc1cccc(Cl)c1C. The first kappa shape index (κ1) is 22.3. The van der Waals surface area contributed by atoms with E-state index in [9.17, 15) is 18.0 Å². The van der Waals surface area contributed by atoms with Crippen LogP contribution in [0.25, 0.3) is 0 Å². The first-order chi connectivity index (χ1) is 14.2. The molecule has 1 saturated heterocycles. The van der Waals surface area contributed by atoms with Crippen LogP contribution in [0.5, 0.6) is 0 Å². The number of hydrogen-bond donors (Lipinski definition) is 2. The Morgan fingerprint density at radius 1 is 1.10 bits per heavy atom. The average molecular weight is 450 g/mol. The molecule has 160 valence electrons. The highest BCUT2D eigenvalue weighted by molar-refractivity contribution is 7.89. The topological polar surface area (TPSA) is 95.6 Å². The number of aryl methyl sites for hydroxylation is 1. The summed E-state index contributed by atoms with van der Waals surface area (Å²) in [6.45, 7) is 4.22. The molecule has 2 amide bonds. The van der Waals surface area contributed by atoms with Gasteiger partial charge in [0.1, 0.15) is 0 Å². The number of nitrogens with zero attached hydrogens (tertiary/aromatic N) is 1. The van der Waals surface area contributed by atoms with Crippen molar-refractivity contribution in [3.05, 3.63) is 58.1 Å². The molecule has 1 aliphatic rings. The Morgan fingerprint density at radius 2 is 1.80 bits per heavy atom. The third kappa shape index (κ3) is 4.83. The summed E-state index contributed by atoms with van der Waals surface area (Å²) in [5.74, 6) is -0.920. The predicted octanol–water partition coefficient (Wildman–Crippen LogP) is 3.11. The van der Waals surface area contributed by atoms with Crippen molar-refractivity contribution in [1.82, 2.24) is 9.62 Å². The number of hydrogen-bond acceptors (Lipinski definition) is 4. The second-order valence-electron chi connectivity index (χ2n) is 7.23. The highest BCUT2D eigenvalue weighted by Crippen LogP contribution is 2.24. The summed E-state index contributed by atoms with van der Waals surface area (Å²) >= 11 is 6.05. The van der Waals surface area contributed by atoms with Crippen molar-refractivity contribution >= 4 is 39.1 Å². The number of rotatable bonds is 6. The Morgan fingerprint density at radius 3 is 2.50 bits per heavy atom. The minimum Gasteiger partial charge on any atom is -0.343 e. The van der Waals surface area contributed by atoms with Crippen LogP contribution in [0.1, 0.15) is 34.3 Å². The Bertz CT molecular complexity index is 1080. The van der Waals surface area contributed by atoms with E-state index < -0.39 is 21.8 Å². The van der Waals surface area contributed by atoms with Gasteiger partial charge in [-0.1, -0.05) is 23.7 Å². The molecule has 2 N–H and O–H groups in total. The summed E-state index contributed by atoms with van der Waals surface area (Å²) in [4.78, 5) is 24.9. The lowest BCUT2D eigenvalue weighted by Gasteiger charge is -2.17. The summed E-state index contributed by atoms with van der Waals surface area (Å²) in [6, 6.07) is 9.65. The number of carbonyl (C=O) groups excluding carboxylic acids is 2. The van der Waals surface area contributed by atoms with Crippen LogP contribution in [0.3, 0.4) is 0 Å². The van der Waals surface area contributed by atoms with Gasteiger partial charge in [0.15, 0.2) is 0 Å². The van der Waals surface area contributed by atoms with E-state index >= 15 is 0 Å². The first-order valence-electron chi connectivity index (χ1n) is 9.64. The van der Waals surface area contributed by atoms with Crippen molar-refractivity contribution < 1.29 is 18.0 Å². The minimum absolute atomic E-state index is 0.0825. The van der Waals surface area contributed by atoms with Crippen LogP contribution in [0, 0.1) is 13.8 Å². The molecule has 1 aliphatic heterocycles. The molecule has 0 atom stereocenters. The number of nitrogens with one attached hydrogen (secondary N) is 2. The number of carbonyl (C=O) groups is 2. The fraction of sp³-hybridized carbons (Fsp3) is 0.333. The van der Waals surface area contributed by atoms with Gasteiger partial charge in [-0.2, -0.15) is 4.31 Å². The Kier molecular flexibility index (Phi) is 6.80. The van der Waals surface area contributed by atoms with E-state index in [2.05, 4.69) is 10.6 Å². The van der Waals surface area contributed by atoms with Gasteiger partial charge in [-0.3, -0.25) is 9.59 Å². The van der Waals surface area contributed by atoms with Gasteiger partial charge < -0.3 is 10.6 Å². The first-order valence-corrected chi connectivity index (χ1v) is 11.5. The molecule has 0 bridgehead atoms. The molecule has 0 radical (unpaired) electrons. The lowest BCUT2D eigenvalue weighted by Crippen LogP contribution is -2.33. The normalized spacial score (nSPS) is 14.5. The molecule has 0 spiro atoms. The Balaban J connectivity index is 1.69. The van der Waals surface area contributed by atoms with Crippen LogP contribution in [0.15, 0.2) is 41.3 Å². The summed E-state index contributed by atoms with van der Waals surface area (Å²) in [6.07, 6.45) is 1.67. The number of halogens is 1. The van der Waals surface area contributed by atoms with Crippen LogP contribution in [0.4, 0.5) is 5.69 Å². The van der Waals surface area contributed by atoms with Crippen LogP contribution >= 0.6 is 11.6 Å². The predicted molar refractivity (Wildman–Crippen MR) is 116 cm³/mol. The zero-order chi connectivity index (χ0) is 21.9. The van der Waals surface area contributed by atoms with E-state index in [0.717, 1.165) is 18.4 Å². The fourth-order valence-electron chi connectivity index (χ4n) is 3.28. The highest BCUT2D eigenvalue weighted by atomic mass is 35.5. The van der Waals surface area contributed by atoms with Gasteiger partial charge >= 0.3 is 0 Å². The summed E-state index contributed by atoms with van der Waals surface area (Å²) in [5.41, 5.74) is 2.15. The molecule has 0 aliphatic carbocycles. The van der Waals surface area contributed by atoms with Gasteiger partial charge in [0.25, 0.3) is 5.91 Å². The number of sulfonamides is 1. The Hall–Kier alpha value is -2.42. The number of amides is 2. The second kappa shape index (κ2) is 9.16. The van der Waals surface area contributed by atoms with E-state index in [1.807, 2.05) is 0 Å². The molecule has 0 unspecified atom stereocenters. The summed E-state index contributed by atoms with van der Waals surface area (Å²) < 4.78 is 27.0. The van der Waals surface area contributed by atoms with Gasteiger partial charge in [-0.15, -0.1) is 0 Å². The molecule has 2 aromatic carbocycles. The Labute approximate surface area is 181 Å². The molecule has 9 heteroatoms. The van der Waals surface area contributed by atoms with Crippen molar-refractivity contribution in [2.45, 2.75) is 31.6 Å². The van der Waals surface area contributed by atoms with Gasteiger partial charge in [-0.05, 0) is 62.1 Å². The number of anilines is 1. The molecule has 2 aromatic rings. The molecule has 0 saturated carbocycles. The van der Waals surface area contributed by atoms with Crippen LogP contribution in [-0.2, 0) is 14.8 Å². The van der Waals surface area contributed by atoms with Crippen molar-refractivity contribution in [3.8, 4) is 0 Å². The zero-order valence-electron chi connectivity index (χ0n) is 16.9. The van der Waals surface area contributed by atoms with Crippen molar-refractivity contribution in [1.29, 1.82) is 0 Å². The van der Waals surface area contributed by atoms with E-state index in [4.69, 9.17) is 11.6 Å². The van der Waals surface area contributed by atoms with Gasteiger partial charge in [0.2, 0.25) is 15.9 Å². The smallest absolute Gasteiger partial charge is 0.252 e. The summed E-state index contributed by atoms with van der Waals surface area (Å²) in [5, 5.41) is 5.79. The third-order valence-electron chi connectivity index (χ3n) is 5.11. The van der Waals surface area contributed by atoms with E-state index in [-0.39, 0.29) is 17.0 Å². The molecular formula is C21H24ClN3O4S. The third-order valence-corrected chi connectivity index (χ3v) is 7.41. The highest BCUT2D eigenvalue weighted by Gasteiger charge is 2.28. The van der Waals surface area contributed by atoms with Gasteiger partial charge in [-0.25, -0.2) is 8.42 Å². The standard InChI is InChI=1S/C21H24ClN3O4S/c1-14-8-9-16(30(28,29)25-10-3-4-11-25)12-17(14)21(27)23-13-20(26)24-19-7-5-6-18(22)15(19)2/h5-9,12H,3-4,10-11,13H2,1-2H3,(H,23,27)(H,24,26). The van der Waals surface area contributed by atoms with Gasteiger partial charge in [0.05, 0.1) is 11.4 Å². The lowest BCUT2D eigenvalue weighted by atomic mass is 10.1. The van der Waals surface area contributed by atoms with E-state index in [0.29, 0.717) is 29.4 Å². The van der Waals surface area contributed by atoms with E-state index in [1.165, 1.54) is 16.4 Å². The molecular weight excluding hydrogens is 426 g/mol. The molecule has 3 rings (SSSR count). The lowest BCUT2D eigenvalue weighted by molar-refractivity contribution is -0.115. The maximum absolute atomic E-state index is 12.8. The van der Waals surface area contributed by atoms with Crippen molar-refractivity contribution in [2.75, 3.05) is 25.0 Å². The van der Waals surface area contributed by atoms with Crippen LogP contribution < -0.4 is 10.6 Å². The monoisotopic (exact) mass is 449 g/mol. The minimum atomic E-state index is -3.63. The maximum Gasteiger partial charge on any atom is 0.252 e. The molecule has 0 aromatic heterocycles. The van der Waals surface area contributed by atoms with Gasteiger partial charge in [0, 0.05) is 29.4 Å². The van der Waals surface area contributed by atoms with Crippen molar-refractivity contribution in [2.24, 2.45) is 0 Å². The largest absolute Gasteiger partial charge is 0.343 e. The second-order valence-corrected chi connectivity index (χ2v) is 9.58. The summed E-state index contributed by atoms with van der Waals surface area (Å²) in [7, 11) is -3.63. The molecule has 1 fully saturated rings. The fourth-order valence-corrected chi connectivity index (χ4v) is 5.00. The van der Waals surface area contributed by atoms with Crippen LogP contribution in [-0.4, -0.2) is 44.2 Å². The quantitative estimate of drug-likeness (QED) is 0.708. The van der Waals surface area contributed by atoms with Crippen LogP contribution in [0.2, 0.25) is 5.02 Å². The van der Waals surface area contributed by atoms with Crippen molar-refractivity contribution in [3.63, 3.8) is 0 Å². The zero-order valence-corrected chi connectivity index (χ0v) is 18.4. The average Bonchev–Trinajstić information content (AvgIpc) is 3.25. The molecule has 7 nitrogen and oxygen atoms in total.